The Morgan fingerprint density at radius 2 is 2.15 bits per heavy atom. The topological polar surface area (TPSA) is 48.9 Å². The minimum atomic E-state index is -2.83. The molecule has 0 saturated carbocycles. The Balaban J connectivity index is 0.00000261. The summed E-state index contributed by atoms with van der Waals surface area (Å²) in [4.78, 5) is 7.56. The van der Waals surface area contributed by atoms with E-state index in [0.29, 0.717) is 12.2 Å². The van der Waals surface area contributed by atoms with E-state index >= 15 is 0 Å². The van der Waals surface area contributed by atoms with Gasteiger partial charge in [-0.3, -0.25) is 4.99 Å². The molecule has 1 aliphatic rings. The van der Waals surface area contributed by atoms with Crippen molar-refractivity contribution in [1.82, 2.24) is 10.6 Å². The first-order chi connectivity index (χ1) is 12.7. The van der Waals surface area contributed by atoms with E-state index < -0.39 is 6.61 Å². The van der Waals surface area contributed by atoms with Crippen LogP contribution in [0, 0.1) is 0 Å². The molecule has 1 aromatic carbocycles. The molecule has 2 aromatic rings. The summed E-state index contributed by atoms with van der Waals surface area (Å²) in [6.07, 6.45) is 0.892. The van der Waals surface area contributed by atoms with Gasteiger partial charge in [0.2, 0.25) is 0 Å². The number of benzene rings is 1. The highest BCUT2D eigenvalue weighted by molar-refractivity contribution is 14.0. The van der Waals surface area contributed by atoms with Gasteiger partial charge < -0.3 is 20.3 Å². The van der Waals surface area contributed by atoms with Crippen molar-refractivity contribution in [2.24, 2.45) is 4.99 Å². The number of hydrogen-bond donors (Lipinski definition) is 2. The van der Waals surface area contributed by atoms with Crippen LogP contribution < -0.4 is 20.3 Å². The Labute approximate surface area is 178 Å². The summed E-state index contributed by atoms with van der Waals surface area (Å²) in [6.45, 7) is -0.640. The SMILES string of the molecule is CN=C(NCc1cccs1)NC1CCN(c2ccccc2OC(F)F)C1.I. The third kappa shape index (κ3) is 6.20. The van der Waals surface area contributed by atoms with E-state index in [1.807, 2.05) is 23.6 Å². The number of guanidine groups is 1. The van der Waals surface area contributed by atoms with Crippen LogP contribution in [-0.4, -0.2) is 38.8 Å². The number of ether oxygens (including phenoxy) is 1. The molecule has 2 N–H and O–H groups in total. The minimum absolute atomic E-state index is 0. The van der Waals surface area contributed by atoms with Gasteiger partial charge in [-0.05, 0) is 30.0 Å². The zero-order chi connectivity index (χ0) is 18.4. The number of aliphatic imine (C=N–C) groups is 1. The monoisotopic (exact) mass is 508 g/mol. The van der Waals surface area contributed by atoms with Crippen LogP contribution >= 0.6 is 35.3 Å². The molecule has 0 spiro atoms. The average Bonchev–Trinajstić information content (AvgIpc) is 3.30. The van der Waals surface area contributed by atoms with Crippen LogP contribution in [0.2, 0.25) is 0 Å². The number of para-hydroxylation sites is 2. The van der Waals surface area contributed by atoms with Gasteiger partial charge in [0, 0.05) is 31.1 Å². The quantitative estimate of drug-likeness (QED) is 0.353. The first-order valence-corrected chi connectivity index (χ1v) is 9.32. The summed E-state index contributed by atoms with van der Waals surface area (Å²) >= 11 is 1.69. The molecule has 1 saturated heterocycles. The summed E-state index contributed by atoms with van der Waals surface area (Å²) in [5.41, 5.74) is 0.693. The molecule has 0 radical (unpaired) electrons. The molecular weight excluding hydrogens is 485 g/mol. The molecule has 1 aromatic heterocycles. The number of halogens is 3. The number of thiophene rings is 1. The molecule has 0 aliphatic carbocycles. The molecule has 1 aliphatic heterocycles. The predicted octanol–water partition coefficient (Wildman–Crippen LogP) is 3.91. The highest BCUT2D eigenvalue weighted by Crippen LogP contribution is 2.31. The first kappa shape index (κ1) is 21.7. The van der Waals surface area contributed by atoms with Crippen LogP contribution in [0.1, 0.15) is 11.3 Å². The second-order valence-electron chi connectivity index (χ2n) is 5.93. The fraction of sp³-hybridized carbons (Fsp3) is 0.389. The molecule has 1 atom stereocenters. The van der Waals surface area contributed by atoms with Crippen molar-refractivity contribution >= 4 is 47.0 Å². The summed E-state index contributed by atoms with van der Waals surface area (Å²) in [6, 6.07) is 11.2. The molecule has 3 rings (SSSR count). The maximum atomic E-state index is 12.6. The molecule has 1 unspecified atom stereocenters. The number of anilines is 1. The van der Waals surface area contributed by atoms with Gasteiger partial charge in [0.25, 0.3) is 0 Å². The van der Waals surface area contributed by atoms with Crippen molar-refractivity contribution in [3.63, 3.8) is 0 Å². The third-order valence-electron chi connectivity index (χ3n) is 4.18. The lowest BCUT2D eigenvalue weighted by atomic mass is 10.2. The maximum Gasteiger partial charge on any atom is 0.387 e. The van der Waals surface area contributed by atoms with Crippen LogP contribution in [0.25, 0.3) is 0 Å². The van der Waals surface area contributed by atoms with Gasteiger partial charge in [-0.25, -0.2) is 0 Å². The molecule has 9 heteroatoms. The van der Waals surface area contributed by atoms with Gasteiger partial charge in [0.05, 0.1) is 12.2 Å². The largest absolute Gasteiger partial charge is 0.433 e. The fourth-order valence-electron chi connectivity index (χ4n) is 2.98. The molecule has 27 heavy (non-hydrogen) atoms. The van der Waals surface area contributed by atoms with Gasteiger partial charge in [-0.15, -0.1) is 35.3 Å². The normalized spacial score (nSPS) is 17.0. The second-order valence-corrected chi connectivity index (χ2v) is 6.96. The van der Waals surface area contributed by atoms with E-state index in [1.165, 1.54) is 4.88 Å². The highest BCUT2D eigenvalue weighted by Gasteiger charge is 2.26. The number of nitrogens with one attached hydrogen (secondary N) is 2. The molecule has 148 valence electrons. The van der Waals surface area contributed by atoms with Crippen molar-refractivity contribution in [2.45, 2.75) is 25.6 Å². The van der Waals surface area contributed by atoms with Crippen LogP contribution in [0.15, 0.2) is 46.8 Å². The minimum Gasteiger partial charge on any atom is -0.433 e. The van der Waals surface area contributed by atoms with Crippen molar-refractivity contribution in [3.8, 4) is 5.75 Å². The molecule has 0 bridgehead atoms. The zero-order valence-electron chi connectivity index (χ0n) is 14.9. The Hall–Kier alpha value is -1.62. The number of rotatable bonds is 6. The van der Waals surface area contributed by atoms with Gasteiger partial charge in [-0.2, -0.15) is 8.78 Å². The maximum absolute atomic E-state index is 12.6. The van der Waals surface area contributed by atoms with Gasteiger partial charge in [-0.1, -0.05) is 18.2 Å². The van der Waals surface area contributed by atoms with E-state index in [0.717, 1.165) is 25.5 Å². The highest BCUT2D eigenvalue weighted by atomic mass is 127. The molecule has 5 nitrogen and oxygen atoms in total. The number of alkyl halides is 2. The number of hydrogen-bond acceptors (Lipinski definition) is 4. The molecular formula is C18H23F2IN4OS. The van der Waals surface area contributed by atoms with E-state index in [4.69, 9.17) is 0 Å². The van der Waals surface area contributed by atoms with E-state index in [1.54, 1.807) is 30.5 Å². The average molecular weight is 508 g/mol. The zero-order valence-corrected chi connectivity index (χ0v) is 18.0. The Morgan fingerprint density at radius 3 is 2.85 bits per heavy atom. The summed E-state index contributed by atoms with van der Waals surface area (Å²) in [5, 5.41) is 8.74. The van der Waals surface area contributed by atoms with Crippen LogP contribution in [0.4, 0.5) is 14.5 Å². The predicted molar refractivity (Wildman–Crippen MR) is 117 cm³/mol. The van der Waals surface area contributed by atoms with E-state index in [-0.39, 0.29) is 35.8 Å². The lowest BCUT2D eigenvalue weighted by Crippen LogP contribution is -2.44. The summed E-state index contributed by atoms with van der Waals surface area (Å²) < 4.78 is 29.9. The smallest absolute Gasteiger partial charge is 0.387 e. The van der Waals surface area contributed by atoms with Crippen LogP contribution in [0.3, 0.4) is 0 Å². The van der Waals surface area contributed by atoms with Gasteiger partial charge in [0.15, 0.2) is 5.96 Å². The van der Waals surface area contributed by atoms with Crippen molar-refractivity contribution in [3.05, 3.63) is 46.7 Å². The van der Waals surface area contributed by atoms with E-state index in [2.05, 4.69) is 31.3 Å². The lowest BCUT2D eigenvalue weighted by molar-refractivity contribution is -0.0495. The fourth-order valence-corrected chi connectivity index (χ4v) is 3.63. The summed E-state index contributed by atoms with van der Waals surface area (Å²) in [5.74, 6) is 0.950. The van der Waals surface area contributed by atoms with Gasteiger partial charge >= 0.3 is 6.61 Å². The standard InChI is InChI=1S/C18H22F2N4OS.HI/c1-21-18(22-11-14-5-4-10-26-14)23-13-8-9-24(12-13)15-6-2-3-7-16(15)25-17(19)20;/h2-7,10,13,17H,8-9,11-12H2,1H3,(H2,21,22,23);1H. The van der Waals surface area contributed by atoms with E-state index in [9.17, 15) is 8.78 Å². The second kappa shape index (κ2) is 10.6. The van der Waals surface area contributed by atoms with Crippen molar-refractivity contribution < 1.29 is 13.5 Å². The molecule has 0 amide bonds. The lowest BCUT2D eigenvalue weighted by Gasteiger charge is -2.22. The van der Waals surface area contributed by atoms with Crippen LogP contribution in [0.5, 0.6) is 5.75 Å². The van der Waals surface area contributed by atoms with Crippen LogP contribution in [-0.2, 0) is 6.54 Å². The van der Waals surface area contributed by atoms with Crippen molar-refractivity contribution in [1.29, 1.82) is 0 Å². The van der Waals surface area contributed by atoms with Gasteiger partial charge in [0.1, 0.15) is 5.75 Å². The van der Waals surface area contributed by atoms with Crippen molar-refractivity contribution in [2.75, 3.05) is 25.0 Å². The molecule has 2 heterocycles. The number of nitrogens with zero attached hydrogens (tertiary/aromatic N) is 2. The Bertz CT molecular complexity index is 730. The molecule has 1 fully saturated rings. The Morgan fingerprint density at radius 1 is 1.33 bits per heavy atom. The third-order valence-corrected chi connectivity index (χ3v) is 5.06. The summed E-state index contributed by atoms with van der Waals surface area (Å²) in [7, 11) is 1.74. The first-order valence-electron chi connectivity index (χ1n) is 8.44. The Kier molecular flexibility index (Phi) is 8.55.